The standard InChI is InChI=1S/C28H27ClN2O5S/c29-23-12-8-20(9-13-23)21-10-14-24(15-11-21)37(35,36)31(19-26(32)30-16-4-5-17-30)28(27(33)34)18-25(28)22-6-2-1-3-7-22/h1-3,6-15,25H,4-5,16-19H2,(H,33,34)/t25-,28+/m0/s1. The number of halogens is 1. The molecule has 2 aliphatic rings. The Hall–Kier alpha value is -3.20. The molecule has 1 N–H and O–H groups in total. The van der Waals surface area contributed by atoms with Crippen molar-refractivity contribution in [2.45, 2.75) is 35.6 Å². The van der Waals surface area contributed by atoms with Gasteiger partial charge in [0.25, 0.3) is 0 Å². The first-order valence-electron chi connectivity index (χ1n) is 12.2. The fourth-order valence-corrected chi connectivity index (χ4v) is 7.02. The Morgan fingerprint density at radius 3 is 2.05 bits per heavy atom. The molecule has 3 aromatic carbocycles. The minimum Gasteiger partial charge on any atom is -0.480 e. The van der Waals surface area contributed by atoms with E-state index in [1.807, 2.05) is 18.2 Å². The molecule has 0 spiro atoms. The molecule has 2 fully saturated rings. The van der Waals surface area contributed by atoms with Crippen LogP contribution in [-0.2, 0) is 19.6 Å². The van der Waals surface area contributed by atoms with Crippen molar-refractivity contribution < 1.29 is 23.1 Å². The van der Waals surface area contributed by atoms with E-state index in [0.29, 0.717) is 18.1 Å². The van der Waals surface area contributed by atoms with Crippen LogP contribution in [0.25, 0.3) is 11.1 Å². The van der Waals surface area contributed by atoms with Crippen LogP contribution in [0.5, 0.6) is 0 Å². The van der Waals surface area contributed by atoms with Crippen molar-refractivity contribution in [1.29, 1.82) is 0 Å². The summed E-state index contributed by atoms with van der Waals surface area (Å²) >= 11 is 5.97. The summed E-state index contributed by atoms with van der Waals surface area (Å²) in [6.07, 6.45) is 1.80. The molecule has 1 heterocycles. The van der Waals surface area contributed by atoms with Gasteiger partial charge in [-0.1, -0.05) is 66.2 Å². The molecule has 192 valence electrons. The van der Waals surface area contributed by atoms with E-state index in [0.717, 1.165) is 33.8 Å². The van der Waals surface area contributed by atoms with Crippen molar-refractivity contribution in [2.24, 2.45) is 0 Å². The largest absolute Gasteiger partial charge is 0.480 e. The quantitative estimate of drug-likeness (QED) is 0.451. The summed E-state index contributed by atoms with van der Waals surface area (Å²) in [5, 5.41) is 11.0. The predicted octanol–water partition coefficient (Wildman–Crippen LogP) is 4.63. The van der Waals surface area contributed by atoms with Crippen LogP contribution in [0.3, 0.4) is 0 Å². The summed E-state index contributed by atoms with van der Waals surface area (Å²) in [5.41, 5.74) is 0.654. The van der Waals surface area contributed by atoms with Crippen molar-refractivity contribution >= 4 is 33.5 Å². The molecule has 1 aliphatic heterocycles. The molecule has 37 heavy (non-hydrogen) atoms. The van der Waals surface area contributed by atoms with E-state index in [1.165, 1.54) is 12.1 Å². The molecule has 9 heteroatoms. The molecule has 1 saturated heterocycles. The Labute approximate surface area is 221 Å². The highest BCUT2D eigenvalue weighted by atomic mass is 35.5. The number of likely N-dealkylation sites (tertiary alicyclic amines) is 1. The van der Waals surface area contributed by atoms with E-state index >= 15 is 0 Å². The summed E-state index contributed by atoms with van der Waals surface area (Å²) in [6, 6.07) is 22.4. The zero-order chi connectivity index (χ0) is 26.2. The van der Waals surface area contributed by atoms with E-state index in [1.54, 1.807) is 53.4 Å². The number of carbonyl (C=O) groups excluding carboxylic acids is 1. The van der Waals surface area contributed by atoms with Crippen LogP contribution >= 0.6 is 11.6 Å². The van der Waals surface area contributed by atoms with Crippen LogP contribution in [0.1, 0.15) is 30.7 Å². The van der Waals surface area contributed by atoms with E-state index in [9.17, 15) is 23.1 Å². The van der Waals surface area contributed by atoms with Gasteiger partial charge in [-0.05, 0) is 60.2 Å². The second-order valence-corrected chi connectivity index (χ2v) is 11.8. The molecule has 0 unspecified atom stereocenters. The number of carboxylic acid groups (broad SMARTS) is 1. The molecule has 7 nitrogen and oxygen atoms in total. The number of benzene rings is 3. The zero-order valence-electron chi connectivity index (χ0n) is 20.1. The molecule has 3 aromatic rings. The highest BCUT2D eigenvalue weighted by Crippen LogP contribution is 2.57. The third-order valence-electron chi connectivity index (χ3n) is 7.31. The second-order valence-electron chi connectivity index (χ2n) is 9.53. The topological polar surface area (TPSA) is 95.0 Å². The number of carbonyl (C=O) groups is 2. The van der Waals surface area contributed by atoms with Gasteiger partial charge in [0.1, 0.15) is 5.54 Å². The summed E-state index contributed by atoms with van der Waals surface area (Å²) in [7, 11) is -4.33. The number of rotatable bonds is 8. The van der Waals surface area contributed by atoms with Crippen LogP contribution in [0.15, 0.2) is 83.8 Å². The highest BCUT2D eigenvalue weighted by Gasteiger charge is 2.68. The first kappa shape index (κ1) is 25.4. The van der Waals surface area contributed by atoms with Crippen molar-refractivity contribution in [3.8, 4) is 11.1 Å². The zero-order valence-corrected chi connectivity index (χ0v) is 21.7. The SMILES string of the molecule is O=C(CN([C@]1(C(=O)O)C[C@H]1c1ccccc1)S(=O)(=O)c1ccc(-c2ccc(Cl)cc2)cc1)N1CCCC1. The summed E-state index contributed by atoms with van der Waals surface area (Å²) in [5.74, 6) is -2.18. The lowest BCUT2D eigenvalue weighted by Crippen LogP contribution is -2.52. The van der Waals surface area contributed by atoms with E-state index in [2.05, 4.69) is 0 Å². The maximum atomic E-state index is 14.0. The van der Waals surface area contributed by atoms with Crippen LogP contribution in [0, 0.1) is 0 Å². The third-order valence-corrected chi connectivity index (χ3v) is 9.46. The Morgan fingerprint density at radius 2 is 1.49 bits per heavy atom. The van der Waals surface area contributed by atoms with Crippen molar-refractivity contribution in [3.05, 3.63) is 89.4 Å². The normalized spacial score (nSPS) is 21.2. The molecule has 5 rings (SSSR count). The van der Waals surface area contributed by atoms with Gasteiger partial charge in [-0.2, -0.15) is 4.31 Å². The highest BCUT2D eigenvalue weighted by molar-refractivity contribution is 7.89. The number of hydrogen-bond donors (Lipinski definition) is 1. The minimum atomic E-state index is -4.33. The Bertz CT molecular complexity index is 1410. The van der Waals surface area contributed by atoms with Crippen LogP contribution in [-0.4, -0.2) is 59.8 Å². The lowest BCUT2D eigenvalue weighted by Gasteiger charge is -2.30. The van der Waals surface area contributed by atoms with Gasteiger partial charge >= 0.3 is 5.97 Å². The van der Waals surface area contributed by atoms with Gasteiger partial charge in [-0.15, -0.1) is 0 Å². The van der Waals surface area contributed by atoms with Gasteiger partial charge in [0.15, 0.2) is 0 Å². The molecule has 0 radical (unpaired) electrons. The summed E-state index contributed by atoms with van der Waals surface area (Å²) in [4.78, 5) is 27.4. The van der Waals surface area contributed by atoms with E-state index in [-0.39, 0.29) is 17.2 Å². The minimum absolute atomic E-state index is 0.0567. The molecule has 0 bridgehead atoms. The third kappa shape index (κ3) is 4.77. The number of aliphatic carboxylic acids is 1. The number of hydrogen-bond acceptors (Lipinski definition) is 4. The molecule has 1 aliphatic carbocycles. The molecule has 1 amide bonds. The smallest absolute Gasteiger partial charge is 0.325 e. The summed E-state index contributed by atoms with van der Waals surface area (Å²) < 4.78 is 29.0. The second kappa shape index (κ2) is 9.93. The van der Waals surface area contributed by atoms with Gasteiger partial charge in [0.2, 0.25) is 15.9 Å². The molecule has 2 atom stereocenters. The fraction of sp³-hybridized carbons (Fsp3) is 0.286. The van der Waals surface area contributed by atoms with Crippen molar-refractivity contribution in [3.63, 3.8) is 0 Å². The van der Waals surface area contributed by atoms with Crippen LogP contribution < -0.4 is 0 Å². The number of sulfonamides is 1. The monoisotopic (exact) mass is 538 g/mol. The molecule has 0 aromatic heterocycles. The first-order valence-corrected chi connectivity index (χ1v) is 14.0. The summed E-state index contributed by atoms with van der Waals surface area (Å²) in [6.45, 7) is 0.576. The average molecular weight is 539 g/mol. The van der Waals surface area contributed by atoms with E-state index in [4.69, 9.17) is 11.6 Å². The molecular formula is C28H27ClN2O5S. The number of carboxylic acids is 1. The maximum Gasteiger partial charge on any atom is 0.325 e. The maximum absolute atomic E-state index is 14.0. The van der Waals surface area contributed by atoms with E-state index < -0.39 is 34.0 Å². The van der Waals surface area contributed by atoms with Gasteiger partial charge in [-0.3, -0.25) is 9.59 Å². The lowest BCUT2D eigenvalue weighted by atomic mass is 10.1. The predicted molar refractivity (Wildman–Crippen MR) is 141 cm³/mol. The Kier molecular flexibility index (Phi) is 6.83. The number of amides is 1. The van der Waals surface area contributed by atoms with Gasteiger partial charge < -0.3 is 10.0 Å². The average Bonchev–Trinajstić information content (AvgIpc) is 3.41. The lowest BCUT2D eigenvalue weighted by molar-refractivity contribution is -0.144. The molecule has 1 saturated carbocycles. The first-order chi connectivity index (χ1) is 17.7. The van der Waals surface area contributed by atoms with Crippen molar-refractivity contribution in [2.75, 3.05) is 19.6 Å². The van der Waals surface area contributed by atoms with Crippen LogP contribution in [0.4, 0.5) is 0 Å². The van der Waals surface area contributed by atoms with Gasteiger partial charge in [0.05, 0.1) is 11.4 Å². The Balaban J connectivity index is 1.52. The fourth-order valence-electron chi connectivity index (χ4n) is 5.17. The van der Waals surface area contributed by atoms with Gasteiger partial charge in [0, 0.05) is 24.0 Å². The van der Waals surface area contributed by atoms with Crippen LogP contribution in [0.2, 0.25) is 5.02 Å². The van der Waals surface area contributed by atoms with Gasteiger partial charge in [-0.25, -0.2) is 8.42 Å². The van der Waals surface area contributed by atoms with Crippen molar-refractivity contribution in [1.82, 2.24) is 9.21 Å². The number of nitrogens with zero attached hydrogens (tertiary/aromatic N) is 2. The Morgan fingerprint density at radius 1 is 0.919 bits per heavy atom. The molecular weight excluding hydrogens is 512 g/mol.